The molecule has 1 aromatic carbocycles. The lowest BCUT2D eigenvalue weighted by atomic mass is 10.2. The van der Waals surface area contributed by atoms with Crippen LogP contribution >= 0.6 is 10.7 Å². The zero-order valence-corrected chi connectivity index (χ0v) is 11.2. The van der Waals surface area contributed by atoms with E-state index in [1.807, 2.05) is 13.8 Å². The van der Waals surface area contributed by atoms with Crippen molar-refractivity contribution >= 4 is 25.6 Å². The van der Waals surface area contributed by atoms with E-state index in [0.29, 0.717) is 5.56 Å². The number of carbonyl (C=O) groups excluding carboxylic acids is 1. The van der Waals surface area contributed by atoms with Crippen LogP contribution < -0.4 is 5.32 Å². The Morgan fingerprint density at radius 1 is 1.35 bits per heavy atom. The zero-order valence-electron chi connectivity index (χ0n) is 9.60. The molecule has 17 heavy (non-hydrogen) atoms. The Morgan fingerprint density at radius 2 is 1.88 bits per heavy atom. The minimum atomic E-state index is -3.73. The molecule has 1 N–H and O–H groups in total. The third-order valence-corrected chi connectivity index (χ3v) is 3.76. The highest BCUT2D eigenvalue weighted by molar-refractivity contribution is 8.13. The molecule has 4 nitrogen and oxygen atoms in total. The normalized spacial score (nSPS) is 13.1. The van der Waals surface area contributed by atoms with Crippen molar-refractivity contribution in [1.29, 1.82) is 0 Å². The first-order chi connectivity index (χ1) is 7.84. The maximum Gasteiger partial charge on any atom is 0.261 e. The van der Waals surface area contributed by atoms with Gasteiger partial charge in [-0.2, -0.15) is 0 Å². The highest BCUT2D eigenvalue weighted by atomic mass is 35.7. The Bertz CT molecular complexity index is 496. The van der Waals surface area contributed by atoms with Crippen molar-refractivity contribution in [3.8, 4) is 0 Å². The summed E-state index contributed by atoms with van der Waals surface area (Å²) in [5.41, 5.74) is 0.411. The van der Waals surface area contributed by atoms with Crippen LogP contribution in [0.3, 0.4) is 0 Å². The molecule has 0 radical (unpaired) electrons. The van der Waals surface area contributed by atoms with E-state index in [9.17, 15) is 13.2 Å². The van der Waals surface area contributed by atoms with E-state index in [2.05, 4.69) is 5.32 Å². The van der Waals surface area contributed by atoms with E-state index in [4.69, 9.17) is 10.7 Å². The molecule has 1 rings (SSSR count). The summed E-state index contributed by atoms with van der Waals surface area (Å²) in [7, 11) is 1.44. The van der Waals surface area contributed by atoms with Crippen LogP contribution in [0.15, 0.2) is 29.2 Å². The van der Waals surface area contributed by atoms with Crippen molar-refractivity contribution in [2.45, 2.75) is 31.2 Å². The first-order valence-corrected chi connectivity index (χ1v) is 7.51. The third-order valence-electron chi connectivity index (χ3n) is 2.39. The van der Waals surface area contributed by atoms with Gasteiger partial charge in [-0.1, -0.05) is 6.92 Å². The maximum atomic E-state index is 11.7. The van der Waals surface area contributed by atoms with Crippen LogP contribution in [0.4, 0.5) is 0 Å². The number of halogens is 1. The quantitative estimate of drug-likeness (QED) is 0.857. The standard InChI is InChI=1S/C11H14ClNO3S/c1-3-8(2)13-11(14)9-4-6-10(7-5-9)17(12,15)16/h4-8H,3H2,1-2H3,(H,13,14). The van der Waals surface area contributed by atoms with Crippen LogP contribution in [-0.4, -0.2) is 20.4 Å². The summed E-state index contributed by atoms with van der Waals surface area (Å²) in [6, 6.07) is 5.58. The molecule has 0 aliphatic carbocycles. The monoisotopic (exact) mass is 275 g/mol. The molecule has 0 saturated heterocycles. The van der Waals surface area contributed by atoms with Crippen LogP contribution in [0.1, 0.15) is 30.6 Å². The van der Waals surface area contributed by atoms with Gasteiger partial charge < -0.3 is 5.32 Å². The summed E-state index contributed by atoms with van der Waals surface area (Å²) < 4.78 is 22.0. The van der Waals surface area contributed by atoms with E-state index in [0.717, 1.165) is 6.42 Å². The molecule has 1 atom stereocenters. The fourth-order valence-electron chi connectivity index (χ4n) is 1.18. The van der Waals surface area contributed by atoms with Crippen molar-refractivity contribution in [3.05, 3.63) is 29.8 Å². The first-order valence-electron chi connectivity index (χ1n) is 5.20. The molecule has 0 spiro atoms. The summed E-state index contributed by atoms with van der Waals surface area (Å²) in [6.45, 7) is 3.86. The molecule has 0 aromatic heterocycles. The Morgan fingerprint density at radius 3 is 2.29 bits per heavy atom. The number of hydrogen-bond donors (Lipinski definition) is 1. The second-order valence-electron chi connectivity index (χ2n) is 3.74. The minimum absolute atomic E-state index is 0.0146. The number of rotatable bonds is 4. The number of amides is 1. The minimum Gasteiger partial charge on any atom is -0.350 e. The SMILES string of the molecule is CCC(C)NC(=O)c1ccc(S(=O)(=O)Cl)cc1. The summed E-state index contributed by atoms with van der Waals surface area (Å²) >= 11 is 0. The van der Waals surface area contributed by atoms with E-state index in [1.54, 1.807) is 0 Å². The summed E-state index contributed by atoms with van der Waals surface area (Å²) in [6.07, 6.45) is 0.833. The van der Waals surface area contributed by atoms with Gasteiger partial charge in [-0.15, -0.1) is 0 Å². The van der Waals surface area contributed by atoms with Gasteiger partial charge in [-0.25, -0.2) is 8.42 Å². The summed E-state index contributed by atoms with van der Waals surface area (Å²) in [4.78, 5) is 11.7. The summed E-state index contributed by atoms with van der Waals surface area (Å²) in [5.74, 6) is -0.224. The van der Waals surface area contributed by atoms with Gasteiger partial charge in [0.15, 0.2) is 0 Å². The molecule has 0 aliphatic rings. The molecule has 0 heterocycles. The highest BCUT2D eigenvalue weighted by Gasteiger charge is 2.12. The first kappa shape index (κ1) is 14.0. The maximum absolute atomic E-state index is 11.7. The van der Waals surface area contributed by atoms with Crippen molar-refractivity contribution in [1.82, 2.24) is 5.32 Å². The fourth-order valence-corrected chi connectivity index (χ4v) is 1.95. The van der Waals surface area contributed by atoms with E-state index in [1.165, 1.54) is 24.3 Å². The van der Waals surface area contributed by atoms with Crippen LogP contribution in [0.5, 0.6) is 0 Å². The predicted molar refractivity (Wildman–Crippen MR) is 66.7 cm³/mol. The van der Waals surface area contributed by atoms with Crippen molar-refractivity contribution in [3.63, 3.8) is 0 Å². The van der Waals surface area contributed by atoms with Gasteiger partial charge >= 0.3 is 0 Å². The molecule has 1 aromatic rings. The molecule has 1 amide bonds. The summed E-state index contributed by atoms with van der Waals surface area (Å²) in [5, 5.41) is 2.78. The zero-order chi connectivity index (χ0) is 13.1. The van der Waals surface area contributed by atoms with Gasteiger partial charge in [0.05, 0.1) is 4.90 Å². The Labute approximate surface area is 105 Å². The lowest BCUT2D eigenvalue weighted by Crippen LogP contribution is -2.31. The van der Waals surface area contributed by atoms with Crippen molar-refractivity contribution in [2.75, 3.05) is 0 Å². The van der Waals surface area contributed by atoms with E-state index in [-0.39, 0.29) is 16.8 Å². The second-order valence-corrected chi connectivity index (χ2v) is 6.31. The van der Waals surface area contributed by atoms with Gasteiger partial charge in [0.1, 0.15) is 0 Å². The fraction of sp³-hybridized carbons (Fsp3) is 0.364. The molecule has 0 fully saturated rings. The largest absolute Gasteiger partial charge is 0.350 e. The van der Waals surface area contributed by atoms with Crippen molar-refractivity contribution < 1.29 is 13.2 Å². The molecule has 94 valence electrons. The van der Waals surface area contributed by atoms with Crippen LogP contribution in [0.25, 0.3) is 0 Å². The van der Waals surface area contributed by atoms with Gasteiger partial charge in [0.25, 0.3) is 15.0 Å². The van der Waals surface area contributed by atoms with Crippen molar-refractivity contribution in [2.24, 2.45) is 0 Å². The molecular weight excluding hydrogens is 262 g/mol. The van der Waals surface area contributed by atoms with Crippen LogP contribution in [0.2, 0.25) is 0 Å². The average molecular weight is 276 g/mol. The van der Waals surface area contributed by atoms with E-state index < -0.39 is 9.05 Å². The average Bonchev–Trinajstić information content (AvgIpc) is 2.27. The smallest absolute Gasteiger partial charge is 0.261 e. The van der Waals surface area contributed by atoms with E-state index >= 15 is 0 Å². The van der Waals surface area contributed by atoms with Gasteiger partial charge in [0, 0.05) is 22.3 Å². The molecule has 0 aliphatic heterocycles. The van der Waals surface area contributed by atoms with Crippen LogP contribution in [0, 0.1) is 0 Å². The topological polar surface area (TPSA) is 63.2 Å². The second kappa shape index (κ2) is 5.51. The lowest BCUT2D eigenvalue weighted by Gasteiger charge is -2.11. The number of benzene rings is 1. The highest BCUT2D eigenvalue weighted by Crippen LogP contribution is 2.15. The third kappa shape index (κ3) is 4.02. The van der Waals surface area contributed by atoms with Gasteiger partial charge in [-0.05, 0) is 37.6 Å². The number of hydrogen-bond acceptors (Lipinski definition) is 3. The molecular formula is C11H14ClNO3S. The Hall–Kier alpha value is -1.07. The predicted octanol–water partition coefficient (Wildman–Crippen LogP) is 2.14. The molecule has 6 heteroatoms. The molecule has 1 unspecified atom stereocenters. The Kier molecular flexibility index (Phi) is 4.54. The Balaban J connectivity index is 2.85. The molecule has 0 bridgehead atoms. The van der Waals surface area contributed by atoms with Gasteiger partial charge in [-0.3, -0.25) is 4.79 Å². The van der Waals surface area contributed by atoms with Crippen LogP contribution in [-0.2, 0) is 9.05 Å². The molecule has 0 saturated carbocycles. The number of carbonyl (C=O) groups is 1. The lowest BCUT2D eigenvalue weighted by molar-refractivity contribution is 0.0939. The number of nitrogens with one attached hydrogen (secondary N) is 1. The van der Waals surface area contributed by atoms with Gasteiger partial charge in [0.2, 0.25) is 0 Å².